The Morgan fingerprint density at radius 1 is 0.889 bits per heavy atom. The minimum Gasteiger partial charge on any atom is -0.496 e. The van der Waals surface area contributed by atoms with Gasteiger partial charge in [0.2, 0.25) is 5.91 Å². The van der Waals surface area contributed by atoms with Crippen LogP contribution in [-0.2, 0) is 21.4 Å². The lowest BCUT2D eigenvalue weighted by Crippen LogP contribution is -2.40. The summed E-state index contributed by atoms with van der Waals surface area (Å²) in [6.45, 7) is 6.35. The van der Waals surface area contributed by atoms with Gasteiger partial charge < -0.3 is 19.5 Å². The highest BCUT2D eigenvalue weighted by molar-refractivity contribution is 7.92. The van der Waals surface area contributed by atoms with E-state index in [1.165, 1.54) is 19.2 Å². The minimum atomic E-state index is -4.03. The first kappa shape index (κ1) is 26.9. The molecule has 0 unspecified atom stereocenters. The summed E-state index contributed by atoms with van der Waals surface area (Å²) in [5.41, 5.74) is 1.87. The third-order valence-electron chi connectivity index (χ3n) is 5.38. The molecular weight excluding hydrogens is 480 g/mol. The molecule has 0 radical (unpaired) electrons. The monoisotopic (exact) mass is 512 g/mol. The molecule has 3 aromatic rings. The molecule has 8 nitrogen and oxygen atoms in total. The lowest BCUT2D eigenvalue weighted by atomic mass is 10.2. The first-order chi connectivity index (χ1) is 17.3. The molecule has 9 heteroatoms. The number of nitrogens with zero attached hydrogens (tertiary/aromatic N) is 1. The fourth-order valence-corrected chi connectivity index (χ4v) is 5.15. The SMILES string of the molecule is CCOc1ccc(CNC(=O)CN(c2ccccc2)S(=O)(=O)c2ccc(OC)c(C)c2)cc1OCC. The molecule has 0 saturated heterocycles. The number of methoxy groups -OCH3 is 1. The molecule has 1 amide bonds. The third kappa shape index (κ3) is 6.48. The topological polar surface area (TPSA) is 94.2 Å². The number of ether oxygens (including phenoxy) is 3. The number of nitrogens with one attached hydrogen (secondary N) is 1. The van der Waals surface area contributed by atoms with Crippen molar-refractivity contribution in [2.45, 2.75) is 32.2 Å². The van der Waals surface area contributed by atoms with Gasteiger partial charge in [-0.2, -0.15) is 0 Å². The quantitative estimate of drug-likeness (QED) is 0.389. The van der Waals surface area contributed by atoms with Gasteiger partial charge >= 0.3 is 0 Å². The second-order valence-electron chi connectivity index (χ2n) is 7.90. The van der Waals surface area contributed by atoms with E-state index in [1.807, 2.05) is 19.9 Å². The third-order valence-corrected chi connectivity index (χ3v) is 7.15. The first-order valence-electron chi connectivity index (χ1n) is 11.7. The van der Waals surface area contributed by atoms with E-state index in [2.05, 4.69) is 5.32 Å². The molecule has 0 aromatic heterocycles. The van der Waals surface area contributed by atoms with Crippen molar-refractivity contribution in [3.8, 4) is 17.2 Å². The number of hydrogen-bond acceptors (Lipinski definition) is 6. The van der Waals surface area contributed by atoms with E-state index in [9.17, 15) is 13.2 Å². The number of para-hydroxylation sites is 1. The number of amides is 1. The van der Waals surface area contributed by atoms with Crippen LogP contribution in [0.4, 0.5) is 5.69 Å². The predicted molar refractivity (Wildman–Crippen MR) is 139 cm³/mol. The van der Waals surface area contributed by atoms with E-state index in [-0.39, 0.29) is 18.0 Å². The van der Waals surface area contributed by atoms with E-state index in [0.29, 0.717) is 41.7 Å². The Labute approximate surface area is 212 Å². The van der Waals surface area contributed by atoms with Crippen molar-refractivity contribution in [2.24, 2.45) is 0 Å². The second kappa shape index (κ2) is 12.3. The van der Waals surface area contributed by atoms with Gasteiger partial charge in [0.05, 0.1) is 30.9 Å². The average molecular weight is 513 g/mol. The van der Waals surface area contributed by atoms with Crippen molar-refractivity contribution >= 4 is 21.6 Å². The van der Waals surface area contributed by atoms with Gasteiger partial charge in [0, 0.05) is 6.54 Å². The van der Waals surface area contributed by atoms with Crippen LogP contribution in [0.15, 0.2) is 71.6 Å². The molecule has 36 heavy (non-hydrogen) atoms. The van der Waals surface area contributed by atoms with Gasteiger partial charge in [-0.05, 0) is 74.4 Å². The molecule has 0 heterocycles. The summed E-state index contributed by atoms with van der Waals surface area (Å²) in [5, 5.41) is 2.81. The zero-order valence-electron chi connectivity index (χ0n) is 21.0. The number of hydrogen-bond donors (Lipinski definition) is 1. The molecule has 0 fully saturated rings. The van der Waals surface area contributed by atoms with Crippen molar-refractivity contribution in [3.05, 3.63) is 77.9 Å². The highest BCUT2D eigenvalue weighted by Gasteiger charge is 2.27. The normalized spacial score (nSPS) is 11.0. The molecule has 0 saturated carbocycles. The van der Waals surface area contributed by atoms with E-state index < -0.39 is 15.9 Å². The molecule has 1 N–H and O–H groups in total. The Balaban J connectivity index is 1.81. The number of sulfonamides is 1. The smallest absolute Gasteiger partial charge is 0.264 e. The highest BCUT2D eigenvalue weighted by atomic mass is 32.2. The Morgan fingerprint density at radius 3 is 2.19 bits per heavy atom. The molecule has 0 aliphatic carbocycles. The van der Waals surface area contributed by atoms with Gasteiger partial charge in [-0.3, -0.25) is 9.10 Å². The number of carbonyl (C=O) groups excluding carboxylic acids is 1. The fourth-order valence-electron chi connectivity index (χ4n) is 3.64. The van der Waals surface area contributed by atoms with Gasteiger partial charge in [0.15, 0.2) is 11.5 Å². The summed E-state index contributed by atoms with van der Waals surface area (Å²) >= 11 is 0. The van der Waals surface area contributed by atoms with Crippen LogP contribution in [0.3, 0.4) is 0 Å². The lowest BCUT2D eigenvalue weighted by Gasteiger charge is -2.24. The van der Waals surface area contributed by atoms with E-state index >= 15 is 0 Å². The van der Waals surface area contributed by atoms with Crippen molar-refractivity contribution in [1.29, 1.82) is 0 Å². The van der Waals surface area contributed by atoms with Crippen LogP contribution in [0, 0.1) is 6.92 Å². The van der Waals surface area contributed by atoms with Crippen LogP contribution in [-0.4, -0.2) is 41.2 Å². The maximum atomic E-state index is 13.6. The molecule has 3 rings (SSSR count). The van der Waals surface area contributed by atoms with Gasteiger partial charge in [-0.1, -0.05) is 24.3 Å². The van der Waals surface area contributed by atoms with Gasteiger partial charge in [-0.15, -0.1) is 0 Å². The number of aryl methyl sites for hydroxylation is 1. The number of rotatable bonds is 12. The summed E-state index contributed by atoms with van der Waals surface area (Å²) in [4.78, 5) is 13.0. The Morgan fingerprint density at radius 2 is 1.56 bits per heavy atom. The van der Waals surface area contributed by atoms with Crippen molar-refractivity contribution in [3.63, 3.8) is 0 Å². The summed E-state index contributed by atoms with van der Waals surface area (Å²) in [5.74, 6) is 1.36. The zero-order valence-corrected chi connectivity index (χ0v) is 21.8. The van der Waals surface area contributed by atoms with Crippen LogP contribution < -0.4 is 23.8 Å². The van der Waals surface area contributed by atoms with Crippen LogP contribution >= 0.6 is 0 Å². The maximum absolute atomic E-state index is 13.6. The zero-order chi connectivity index (χ0) is 26.1. The van der Waals surface area contributed by atoms with E-state index in [0.717, 1.165) is 9.87 Å². The summed E-state index contributed by atoms with van der Waals surface area (Å²) < 4.78 is 44.8. The number of carbonyl (C=O) groups is 1. The van der Waals surface area contributed by atoms with Gasteiger partial charge in [0.1, 0.15) is 12.3 Å². The summed E-state index contributed by atoms with van der Waals surface area (Å²) in [7, 11) is -2.50. The summed E-state index contributed by atoms with van der Waals surface area (Å²) in [6, 6.07) is 18.6. The molecule has 3 aromatic carbocycles. The van der Waals surface area contributed by atoms with Crippen molar-refractivity contribution < 1.29 is 27.4 Å². The molecular formula is C27H32N2O6S. The number of benzene rings is 3. The van der Waals surface area contributed by atoms with Crippen LogP contribution in [0.2, 0.25) is 0 Å². The molecule has 0 bridgehead atoms. The molecule has 0 aliphatic rings. The van der Waals surface area contributed by atoms with Crippen molar-refractivity contribution in [2.75, 3.05) is 31.2 Å². The van der Waals surface area contributed by atoms with Gasteiger partial charge in [0.25, 0.3) is 10.0 Å². The molecule has 192 valence electrons. The van der Waals surface area contributed by atoms with Crippen LogP contribution in [0.5, 0.6) is 17.2 Å². The first-order valence-corrected chi connectivity index (χ1v) is 13.1. The average Bonchev–Trinajstić information content (AvgIpc) is 2.88. The Hall–Kier alpha value is -3.72. The van der Waals surface area contributed by atoms with Crippen molar-refractivity contribution in [1.82, 2.24) is 5.32 Å². The minimum absolute atomic E-state index is 0.0744. The standard InChI is InChI=1S/C27H32N2O6S/c1-5-34-25-14-12-21(17-26(25)35-6-2)18-28-27(30)19-29(22-10-8-7-9-11-22)36(31,32)23-13-15-24(33-4)20(3)16-23/h7-17H,5-6,18-19H2,1-4H3,(H,28,30). The number of anilines is 1. The highest BCUT2D eigenvalue weighted by Crippen LogP contribution is 2.29. The van der Waals surface area contributed by atoms with Gasteiger partial charge in [-0.25, -0.2) is 8.42 Å². The Kier molecular flexibility index (Phi) is 9.19. The van der Waals surface area contributed by atoms with E-state index in [4.69, 9.17) is 14.2 Å². The molecule has 0 spiro atoms. The largest absolute Gasteiger partial charge is 0.496 e. The Bertz CT molecular complexity index is 1280. The maximum Gasteiger partial charge on any atom is 0.264 e. The molecule has 0 atom stereocenters. The van der Waals surface area contributed by atoms with E-state index in [1.54, 1.807) is 55.5 Å². The van der Waals surface area contributed by atoms with Crippen LogP contribution in [0.25, 0.3) is 0 Å². The predicted octanol–water partition coefficient (Wildman–Crippen LogP) is 4.31. The van der Waals surface area contributed by atoms with Crippen LogP contribution in [0.1, 0.15) is 25.0 Å². The molecule has 0 aliphatic heterocycles. The lowest BCUT2D eigenvalue weighted by molar-refractivity contribution is -0.119. The second-order valence-corrected chi connectivity index (χ2v) is 9.76. The fraction of sp³-hybridized carbons (Fsp3) is 0.296. The summed E-state index contributed by atoms with van der Waals surface area (Å²) in [6.07, 6.45) is 0.